The van der Waals surface area contributed by atoms with Gasteiger partial charge in [0.25, 0.3) is 0 Å². The highest BCUT2D eigenvalue weighted by molar-refractivity contribution is 6.31. The molecule has 1 N–H and O–H groups in total. The number of benzene rings is 2. The predicted molar refractivity (Wildman–Crippen MR) is 75.2 cm³/mol. The van der Waals surface area contributed by atoms with Crippen LogP contribution in [0.5, 0.6) is 0 Å². The van der Waals surface area contributed by atoms with Gasteiger partial charge >= 0.3 is 6.18 Å². The van der Waals surface area contributed by atoms with Gasteiger partial charge < -0.3 is 5.32 Å². The zero-order valence-corrected chi connectivity index (χ0v) is 11.8. The maximum atomic E-state index is 13.4. The maximum Gasteiger partial charge on any atom is 0.417 e. The molecule has 0 atom stereocenters. The summed E-state index contributed by atoms with van der Waals surface area (Å²) < 4.78 is 51.6. The lowest BCUT2D eigenvalue weighted by atomic mass is 10.1. The number of halogens is 5. The second-order valence-corrected chi connectivity index (χ2v) is 4.92. The predicted octanol–water partition coefficient (Wildman–Crippen LogP) is 4.68. The Hall–Kier alpha value is -2.08. The molecule has 2 rings (SSSR count). The third-order valence-corrected chi connectivity index (χ3v) is 3.19. The number of hydrogen-bond donors (Lipinski definition) is 1. The summed E-state index contributed by atoms with van der Waals surface area (Å²) in [6.07, 6.45) is -4.90. The molecule has 0 heterocycles. The first-order valence-corrected chi connectivity index (χ1v) is 6.55. The van der Waals surface area contributed by atoms with Crippen molar-refractivity contribution >= 4 is 23.2 Å². The van der Waals surface area contributed by atoms with E-state index < -0.39 is 28.5 Å². The number of amides is 1. The van der Waals surface area contributed by atoms with Gasteiger partial charge in [0.15, 0.2) is 0 Å². The fourth-order valence-corrected chi connectivity index (χ4v) is 2.06. The minimum atomic E-state index is -4.62. The van der Waals surface area contributed by atoms with Gasteiger partial charge in [0.05, 0.1) is 17.0 Å². The maximum absolute atomic E-state index is 13.4. The fraction of sp³-hybridized carbons (Fsp3) is 0.133. The highest BCUT2D eigenvalue weighted by atomic mass is 35.5. The molecule has 0 fully saturated rings. The summed E-state index contributed by atoms with van der Waals surface area (Å²) in [6, 6.07) is 8.70. The first-order valence-electron chi connectivity index (χ1n) is 6.17. The highest BCUT2D eigenvalue weighted by Crippen LogP contribution is 2.36. The summed E-state index contributed by atoms with van der Waals surface area (Å²) in [5.41, 5.74) is -0.944. The number of hydrogen-bond acceptors (Lipinski definition) is 1. The molecule has 0 unspecified atom stereocenters. The second kappa shape index (κ2) is 6.36. The van der Waals surface area contributed by atoms with Gasteiger partial charge in [0, 0.05) is 5.69 Å². The van der Waals surface area contributed by atoms with Gasteiger partial charge in [0.1, 0.15) is 5.82 Å². The number of rotatable bonds is 3. The number of carbonyl (C=O) groups is 1. The molecular formula is C15H10ClF4NO. The quantitative estimate of drug-likeness (QED) is 0.813. The Kier molecular flexibility index (Phi) is 4.71. The van der Waals surface area contributed by atoms with E-state index in [-0.39, 0.29) is 17.7 Å². The smallest absolute Gasteiger partial charge is 0.326 e. The van der Waals surface area contributed by atoms with Gasteiger partial charge in [-0.05, 0) is 29.8 Å². The van der Waals surface area contributed by atoms with Crippen LogP contribution in [0.2, 0.25) is 5.02 Å². The van der Waals surface area contributed by atoms with E-state index in [4.69, 9.17) is 11.6 Å². The highest BCUT2D eigenvalue weighted by Gasteiger charge is 2.33. The molecular weight excluding hydrogens is 322 g/mol. The van der Waals surface area contributed by atoms with Gasteiger partial charge in [-0.2, -0.15) is 13.2 Å². The van der Waals surface area contributed by atoms with Crippen molar-refractivity contribution in [3.8, 4) is 0 Å². The lowest BCUT2D eigenvalue weighted by Gasteiger charge is -2.12. The van der Waals surface area contributed by atoms with Crippen molar-refractivity contribution in [3.05, 3.63) is 64.4 Å². The molecule has 0 spiro atoms. The molecule has 2 aromatic rings. The molecule has 0 bridgehead atoms. The van der Waals surface area contributed by atoms with Crippen LogP contribution in [-0.4, -0.2) is 5.91 Å². The lowest BCUT2D eigenvalue weighted by molar-refractivity contribution is -0.137. The average Bonchev–Trinajstić information content (AvgIpc) is 2.42. The monoisotopic (exact) mass is 331 g/mol. The molecule has 2 nitrogen and oxygen atoms in total. The topological polar surface area (TPSA) is 29.1 Å². The zero-order valence-electron chi connectivity index (χ0n) is 11.0. The van der Waals surface area contributed by atoms with Crippen LogP contribution in [0.1, 0.15) is 11.1 Å². The van der Waals surface area contributed by atoms with Crippen molar-refractivity contribution in [3.63, 3.8) is 0 Å². The van der Waals surface area contributed by atoms with Gasteiger partial charge in [0.2, 0.25) is 5.91 Å². The first-order chi connectivity index (χ1) is 10.3. The molecule has 0 radical (unpaired) electrons. The van der Waals surface area contributed by atoms with E-state index in [1.54, 1.807) is 6.07 Å². The largest absolute Gasteiger partial charge is 0.417 e. The van der Waals surface area contributed by atoms with Gasteiger partial charge in [-0.3, -0.25) is 4.79 Å². The molecule has 0 saturated carbocycles. The Balaban J connectivity index is 2.14. The molecule has 0 aliphatic rings. The Labute approximate surface area is 128 Å². The van der Waals surface area contributed by atoms with Crippen LogP contribution < -0.4 is 5.32 Å². The van der Waals surface area contributed by atoms with E-state index in [0.717, 1.165) is 12.1 Å². The second-order valence-electron chi connectivity index (χ2n) is 4.51. The van der Waals surface area contributed by atoms with E-state index in [2.05, 4.69) is 5.32 Å². The van der Waals surface area contributed by atoms with Crippen molar-refractivity contribution in [2.24, 2.45) is 0 Å². The fourth-order valence-electron chi connectivity index (χ4n) is 1.84. The summed E-state index contributed by atoms with van der Waals surface area (Å²) >= 11 is 5.49. The molecule has 0 aliphatic carbocycles. The van der Waals surface area contributed by atoms with E-state index in [9.17, 15) is 22.4 Å². The normalized spacial score (nSPS) is 11.3. The van der Waals surface area contributed by atoms with E-state index in [1.807, 2.05) is 0 Å². The Morgan fingerprint density at radius 3 is 2.45 bits per heavy atom. The van der Waals surface area contributed by atoms with E-state index in [0.29, 0.717) is 0 Å². The Bertz CT molecular complexity index is 700. The zero-order chi connectivity index (χ0) is 16.3. The average molecular weight is 332 g/mol. The molecule has 0 aliphatic heterocycles. The van der Waals surface area contributed by atoms with Crippen molar-refractivity contribution in [1.29, 1.82) is 0 Å². The van der Waals surface area contributed by atoms with Crippen LogP contribution in [0.3, 0.4) is 0 Å². The Morgan fingerprint density at radius 1 is 1.14 bits per heavy atom. The first kappa shape index (κ1) is 16.3. The van der Waals surface area contributed by atoms with Gasteiger partial charge in [-0.1, -0.05) is 29.8 Å². The van der Waals surface area contributed by atoms with Crippen molar-refractivity contribution in [2.45, 2.75) is 12.6 Å². The molecule has 0 saturated heterocycles. The minimum Gasteiger partial charge on any atom is -0.326 e. The van der Waals surface area contributed by atoms with Crippen LogP contribution in [0, 0.1) is 5.82 Å². The number of nitrogens with one attached hydrogen (secondary N) is 1. The molecule has 1 amide bonds. The number of alkyl halides is 3. The minimum absolute atomic E-state index is 0.0573. The summed E-state index contributed by atoms with van der Waals surface area (Å²) in [4.78, 5) is 11.8. The van der Waals surface area contributed by atoms with Gasteiger partial charge in [-0.25, -0.2) is 4.39 Å². The van der Waals surface area contributed by atoms with Crippen molar-refractivity contribution in [2.75, 3.05) is 5.32 Å². The van der Waals surface area contributed by atoms with Crippen LogP contribution in [0.15, 0.2) is 42.5 Å². The van der Waals surface area contributed by atoms with Crippen LogP contribution >= 0.6 is 11.6 Å². The molecule has 22 heavy (non-hydrogen) atoms. The van der Waals surface area contributed by atoms with E-state index >= 15 is 0 Å². The molecule has 2 aromatic carbocycles. The van der Waals surface area contributed by atoms with E-state index in [1.165, 1.54) is 24.3 Å². The lowest BCUT2D eigenvalue weighted by Crippen LogP contribution is -2.16. The summed E-state index contributed by atoms with van der Waals surface area (Å²) in [7, 11) is 0. The summed E-state index contributed by atoms with van der Waals surface area (Å²) in [6.45, 7) is 0. The van der Waals surface area contributed by atoms with Crippen LogP contribution in [-0.2, 0) is 17.4 Å². The number of anilines is 1. The Morgan fingerprint density at radius 2 is 1.82 bits per heavy atom. The SMILES string of the molecule is O=C(Cc1ccccc1F)Nc1ccc(Cl)c(C(F)(F)F)c1. The molecule has 116 valence electrons. The standard InChI is InChI=1S/C15H10ClF4NO/c16-12-6-5-10(8-11(12)15(18,19)20)21-14(22)7-9-3-1-2-4-13(9)17/h1-6,8H,7H2,(H,21,22). The van der Waals surface area contributed by atoms with Crippen LogP contribution in [0.4, 0.5) is 23.2 Å². The third-order valence-electron chi connectivity index (χ3n) is 2.86. The van der Waals surface area contributed by atoms with Crippen LogP contribution in [0.25, 0.3) is 0 Å². The summed E-state index contributed by atoms with van der Waals surface area (Å²) in [5, 5.41) is 1.83. The summed E-state index contributed by atoms with van der Waals surface area (Å²) in [5.74, 6) is -1.18. The van der Waals surface area contributed by atoms with Crippen molar-refractivity contribution < 1.29 is 22.4 Å². The molecule has 0 aromatic heterocycles. The van der Waals surface area contributed by atoms with Crippen molar-refractivity contribution in [1.82, 2.24) is 0 Å². The third kappa shape index (κ3) is 3.98. The molecule has 7 heteroatoms. The van der Waals surface area contributed by atoms with Gasteiger partial charge in [-0.15, -0.1) is 0 Å². The number of carbonyl (C=O) groups excluding carboxylic acids is 1.